The van der Waals surface area contributed by atoms with E-state index < -0.39 is 0 Å². The van der Waals surface area contributed by atoms with E-state index in [1.165, 1.54) is 32.2 Å². The molecule has 0 spiro atoms. The topological polar surface area (TPSA) is 29.3 Å². The van der Waals surface area contributed by atoms with Crippen LogP contribution in [0.15, 0.2) is 0 Å². The molecule has 2 N–H and O–H groups in total. The van der Waals surface area contributed by atoms with Crippen LogP contribution in [0.2, 0.25) is 0 Å². The fourth-order valence-corrected chi connectivity index (χ4v) is 3.89. The van der Waals surface area contributed by atoms with Crippen LogP contribution in [0.25, 0.3) is 0 Å². The molecule has 4 unspecified atom stereocenters. The van der Waals surface area contributed by atoms with Crippen LogP contribution in [0.4, 0.5) is 0 Å². The van der Waals surface area contributed by atoms with Crippen molar-refractivity contribution in [3.05, 3.63) is 0 Å². The molecule has 1 heterocycles. The fourth-order valence-electron chi connectivity index (χ4n) is 3.89. The third-order valence-electron chi connectivity index (χ3n) is 4.60. The maximum Gasteiger partial charge on any atom is 0.0337 e. The second kappa shape index (κ2) is 4.06. The fraction of sp³-hybridized carbons (Fsp3) is 1.00. The van der Waals surface area contributed by atoms with Gasteiger partial charge in [-0.05, 0) is 44.4 Å². The first-order chi connectivity index (χ1) is 7.07. The van der Waals surface area contributed by atoms with Gasteiger partial charge in [0, 0.05) is 24.7 Å². The van der Waals surface area contributed by atoms with Crippen molar-refractivity contribution in [2.75, 3.05) is 13.1 Å². The van der Waals surface area contributed by atoms with E-state index in [0.29, 0.717) is 5.54 Å². The zero-order valence-electron chi connectivity index (χ0n) is 10.5. The normalized spacial score (nSPS) is 47.6. The zero-order valence-corrected chi connectivity index (χ0v) is 10.5. The predicted molar refractivity (Wildman–Crippen MR) is 64.7 cm³/mol. The zero-order chi connectivity index (χ0) is 11.1. The molecule has 1 saturated heterocycles. The molecule has 2 heteroatoms. The lowest BCUT2D eigenvalue weighted by atomic mass is 9.93. The van der Waals surface area contributed by atoms with Crippen molar-refractivity contribution >= 4 is 0 Å². The maximum atomic E-state index is 6.08. The summed E-state index contributed by atoms with van der Waals surface area (Å²) in [7, 11) is 0. The molecule has 1 aliphatic carbocycles. The Morgan fingerprint density at radius 1 is 1.27 bits per heavy atom. The molecule has 88 valence electrons. The van der Waals surface area contributed by atoms with Gasteiger partial charge in [0.05, 0.1) is 0 Å². The summed E-state index contributed by atoms with van der Waals surface area (Å²) < 4.78 is 0. The first-order valence-electron chi connectivity index (χ1n) is 6.54. The summed E-state index contributed by atoms with van der Waals surface area (Å²) in [6.45, 7) is 9.25. The summed E-state index contributed by atoms with van der Waals surface area (Å²) in [6, 6.07) is 0.744. The largest absolute Gasteiger partial charge is 0.329 e. The Bertz CT molecular complexity index is 229. The maximum absolute atomic E-state index is 6.08. The van der Waals surface area contributed by atoms with Gasteiger partial charge in [0.1, 0.15) is 0 Å². The number of nitrogens with zero attached hydrogens (tertiary/aromatic N) is 1. The molecule has 0 aromatic carbocycles. The van der Waals surface area contributed by atoms with E-state index in [4.69, 9.17) is 5.73 Å². The molecule has 2 aliphatic rings. The van der Waals surface area contributed by atoms with Crippen molar-refractivity contribution in [3.8, 4) is 0 Å². The molecule has 0 aromatic heterocycles. The Balaban J connectivity index is 2.13. The molecule has 2 fully saturated rings. The van der Waals surface area contributed by atoms with E-state index in [1.807, 2.05) is 0 Å². The van der Waals surface area contributed by atoms with E-state index in [9.17, 15) is 0 Å². The van der Waals surface area contributed by atoms with Crippen LogP contribution in [0.5, 0.6) is 0 Å². The lowest BCUT2D eigenvalue weighted by Gasteiger charge is -2.41. The highest BCUT2D eigenvalue weighted by atomic mass is 15.3. The van der Waals surface area contributed by atoms with Crippen molar-refractivity contribution in [2.24, 2.45) is 17.6 Å². The summed E-state index contributed by atoms with van der Waals surface area (Å²) in [4.78, 5) is 2.72. The predicted octanol–water partition coefficient (Wildman–Crippen LogP) is 2.23. The first-order valence-corrected chi connectivity index (χ1v) is 6.54. The van der Waals surface area contributed by atoms with Crippen LogP contribution >= 0.6 is 0 Å². The average molecular weight is 210 g/mol. The third kappa shape index (κ3) is 1.94. The van der Waals surface area contributed by atoms with Gasteiger partial charge in [0.15, 0.2) is 0 Å². The van der Waals surface area contributed by atoms with Gasteiger partial charge in [0.2, 0.25) is 0 Å². The molecule has 0 amide bonds. The highest BCUT2D eigenvalue weighted by molar-refractivity contribution is 5.02. The van der Waals surface area contributed by atoms with E-state index in [0.717, 1.165) is 24.4 Å². The Hall–Kier alpha value is -0.0800. The van der Waals surface area contributed by atoms with Crippen LogP contribution in [-0.4, -0.2) is 29.6 Å². The molecule has 1 aliphatic heterocycles. The Labute approximate surface area is 94.2 Å². The molecular weight excluding hydrogens is 184 g/mol. The van der Waals surface area contributed by atoms with Crippen molar-refractivity contribution < 1.29 is 0 Å². The van der Waals surface area contributed by atoms with Gasteiger partial charge in [-0.2, -0.15) is 0 Å². The molecule has 0 bridgehead atoms. The number of hydrogen-bond donors (Lipinski definition) is 1. The van der Waals surface area contributed by atoms with Crippen molar-refractivity contribution in [1.29, 1.82) is 0 Å². The monoisotopic (exact) mass is 210 g/mol. The van der Waals surface area contributed by atoms with Crippen molar-refractivity contribution in [3.63, 3.8) is 0 Å². The minimum Gasteiger partial charge on any atom is -0.329 e. The molecule has 2 rings (SSSR count). The van der Waals surface area contributed by atoms with Gasteiger partial charge >= 0.3 is 0 Å². The van der Waals surface area contributed by atoms with Crippen molar-refractivity contribution in [1.82, 2.24) is 4.90 Å². The summed E-state index contributed by atoms with van der Waals surface area (Å²) >= 11 is 0. The summed E-state index contributed by atoms with van der Waals surface area (Å²) in [5.74, 6) is 1.73. The quantitative estimate of drug-likeness (QED) is 0.757. The van der Waals surface area contributed by atoms with Gasteiger partial charge < -0.3 is 5.73 Å². The van der Waals surface area contributed by atoms with Gasteiger partial charge in [-0.25, -0.2) is 0 Å². The number of hydrogen-bond acceptors (Lipinski definition) is 2. The van der Waals surface area contributed by atoms with E-state index in [-0.39, 0.29) is 0 Å². The number of rotatable bonds is 2. The highest BCUT2D eigenvalue weighted by Gasteiger charge is 2.45. The van der Waals surface area contributed by atoms with Crippen LogP contribution in [-0.2, 0) is 0 Å². The third-order valence-corrected chi connectivity index (χ3v) is 4.60. The summed E-state index contributed by atoms with van der Waals surface area (Å²) in [6.07, 6.45) is 5.37. The molecule has 0 radical (unpaired) electrons. The molecule has 0 aromatic rings. The van der Waals surface area contributed by atoms with Gasteiger partial charge in [-0.1, -0.05) is 13.8 Å². The molecular formula is C13H26N2. The first kappa shape index (κ1) is 11.4. The standard InChI is InChI=1S/C13H26N2/c1-10-4-5-13(7-10,9-14)15-8-11(2)6-12(15)3/h10-12H,4-9,14H2,1-3H3. The SMILES string of the molecule is CC1CC(C)N(C2(CN)CCC(C)C2)C1. The number of likely N-dealkylation sites (tertiary alicyclic amines) is 1. The summed E-state index contributed by atoms with van der Waals surface area (Å²) in [5, 5.41) is 0. The lowest BCUT2D eigenvalue weighted by molar-refractivity contribution is 0.0869. The Morgan fingerprint density at radius 2 is 2.00 bits per heavy atom. The smallest absolute Gasteiger partial charge is 0.0337 e. The Kier molecular flexibility index (Phi) is 3.09. The minimum absolute atomic E-state index is 0.351. The van der Waals surface area contributed by atoms with Gasteiger partial charge in [-0.15, -0.1) is 0 Å². The van der Waals surface area contributed by atoms with Crippen LogP contribution in [0, 0.1) is 11.8 Å². The highest BCUT2D eigenvalue weighted by Crippen LogP contribution is 2.42. The van der Waals surface area contributed by atoms with E-state index >= 15 is 0 Å². The lowest BCUT2D eigenvalue weighted by Crippen LogP contribution is -2.53. The van der Waals surface area contributed by atoms with Crippen molar-refractivity contribution in [2.45, 2.75) is 58.0 Å². The summed E-state index contributed by atoms with van der Waals surface area (Å²) in [5.41, 5.74) is 6.43. The second-order valence-corrected chi connectivity index (χ2v) is 6.12. The van der Waals surface area contributed by atoms with Gasteiger partial charge in [0.25, 0.3) is 0 Å². The van der Waals surface area contributed by atoms with Gasteiger partial charge in [-0.3, -0.25) is 4.90 Å². The number of nitrogens with two attached hydrogens (primary N) is 1. The Morgan fingerprint density at radius 3 is 2.40 bits per heavy atom. The second-order valence-electron chi connectivity index (χ2n) is 6.12. The molecule has 15 heavy (non-hydrogen) atoms. The molecule has 2 nitrogen and oxygen atoms in total. The van der Waals surface area contributed by atoms with Crippen LogP contribution in [0.3, 0.4) is 0 Å². The minimum atomic E-state index is 0.351. The van der Waals surface area contributed by atoms with E-state index in [2.05, 4.69) is 25.7 Å². The van der Waals surface area contributed by atoms with E-state index in [1.54, 1.807) is 0 Å². The van der Waals surface area contributed by atoms with Crippen LogP contribution in [0.1, 0.15) is 46.5 Å². The van der Waals surface area contributed by atoms with Crippen LogP contribution < -0.4 is 5.73 Å². The average Bonchev–Trinajstić information content (AvgIpc) is 2.71. The molecule has 1 saturated carbocycles. The molecule has 4 atom stereocenters.